The summed E-state index contributed by atoms with van der Waals surface area (Å²) in [7, 11) is -3.59. The highest BCUT2D eigenvalue weighted by molar-refractivity contribution is 7.91. The maximum Gasteiger partial charge on any atom is 0.252 e. The number of likely N-dealkylation sites (N-methyl/N-ethyl adjacent to an activating group) is 1. The Morgan fingerprint density at radius 3 is 2.65 bits per heavy atom. The van der Waals surface area contributed by atoms with Crippen molar-refractivity contribution in [2.24, 2.45) is 0 Å². The summed E-state index contributed by atoms with van der Waals surface area (Å²) in [5.41, 5.74) is 1.68. The van der Waals surface area contributed by atoms with Gasteiger partial charge < -0.3 is 4.74 Å². The van der Waals surface area contributed by atoms with Gasteiger partial charge in [0.25, 0.3) is 10.0 Å². The highest BCUT2D eigenvalue weighted by Crippen LogP contribution is 2.30. The quantitative estimate of drug-likeness (QED) is 0.814. The van der Waals surface area contributed by atoms with Crippen LogP contribution in [0.15, 0.2) is 34.5 Å². The van der Waals surface area contributed by atoms with E-state index in [0.717, 1.165) is 23.7 Å². The van der Waals surface area contributed by atoms with E-state index in [1.165, 1.54) is 11.3 Å². The van der Waals surface area contributed by atoms with Crippen LogP contribution in [0.3, 0.4) is 0 Å². The molecule has 1 aromatic carbocycles. The summed E-state index contributed by atoms with van der Waals surface area (Å²) in [5.74, 6) is 0. The molecule has 142 valence electrons. The van der Waals surface area contributed by atoms with Gasteiger partial charge in [-0.15, -0.1) is 11.3 Å². The van der Waals surface area contributed by atoms with Crippen molar-refractivity contribution < 1.29 is 13.2 Å². The van der Waals surface area contributed by atoms with Gasteiger partial charge in [0, 0.05) is 13.1 Å². The van der Waals surface area contributed by atoms with E-state index in [2.05, 4.69) is 33.7 Å². The molecule has 2 atom stereocenters. The number of nitrogens with zero attached hydrogens (tertiary/aromatic N) is 2. The molecule has 1 saturated heterocycles. The van der Waals surface area contributed by atoms with E-state index in [1.807, 2.05) is 25.1 Å². The number of morpholine rings is 1. The van der Waals surface area contributed by atoms with Crippen LogP contribution >= 0.6 is 11.3 Å². The summed E-state index contributed by atoms with van der Waals surface area (Å²) in [6.45, 7) is 8.21. The second-order valence-corrected chi connectivity index (χ2v) is 9.52. The van der Waals surface area contributed by atoms with Crippen molar-refractivity contribution >= 4 is 21.4 Å². The molecule has 0 bridgehead atoms. The second kappa shape index (κ2) is 8.14. The van der Waals surface area contributed by atoms with Gasteiger partial charge in [0.1, 0.15) is 0 Å². The molecule has 1 fully saturated rings. The molecular formula is C18H25N3O3S2. The molecule has 0 amide bonds. The van der Waals surface area contributed by atoms with Crippen LogP contribution in [-0.4, -0.2) is 50.6 Å². The Bertz CT molecular complexity index is 837. The summed E-state index contributed by atoms with van der Waals surface area (Å²) in [5, 5.41) is 0.746. The van der Waals surface area contributed by atoms with Crippen molar-refractivity contribution in [2.75, 3.05) is 26.2 Å². The van der Waals surface area contributed by atoms with Gasteiger partial charge in [-0.25, -0.2) is 18.1 Å². The number of rotatable bonds is 6. The Morgan fingerprint density at radius 2 is 2.04 bits per heavy atom. The van der Waals surface area contributed by atoms with Crippen LogP contribution < -0.4 is 4.72 Å². The standard InChI is InChI=1S/C18H25N3O3S2/c1-4-21-10-11-24-16(17(21)15-8-6-5-7-9-15)12-19-26(22,23)18-13(2)20-14(3)25-18/h5-9,16-17,19H,4,10-12H2,1-3H3/t16-,17-/m0/s1. The summed E-state index contributed by atoms with van der Waals surface area (Å²) in [6.07, 6.45) is -0.241. The molecular weight excluding hydrogens is 370 g/mol. The zero-order valence-corrected chi connectivity index (χ0v) is 16.9. The maximum atomic E-state index is 12.7. The largest absolute Gasteiger partial charge is 0.374 e. The Hall–Kier alpha value is -1.32. The first kappa shape index (κ1) is 19.4. The van der Waals surface area contributed by atoms with E-state index in [0.29, 0.717) is 12.3 Å². The summed E-state index contributed by atoms with van der Waals surface area (Å²) >= 11 is 1.20. The Labute approximate surface area is 159 Å². The molecule has 6 nitrogen and oxygen atoms in total. The highest BCUT2D eigenvalue weighted by Gasteiger charge is 2.34. The average Bonchev–Trinajstić information content (AvgIpc) is 2.99. The SMILES string of the molecule is CCN1CCO[C@@H](CNS(=O)(=O)c2sc(C)nc2C)[C@@H]1c1ccccc1. The van der Waals surface area contributed by atoms with Gasteiger partial charge in [0.05, 0.1) is 29.5 Å². The third kappa shape index (κ3) is 4.15. The number of nitrogens with one attached hydrogen (secondary N) is 1. The molecule has 1 aliphatic heterocycles. The van der Waals surface area contributed by atoms with Gasteiger partial charge in [-0.05, 0) is 26.0 Å². The van der Waals surface area contributed by atoms with Crippen LogP contribution in [0.5, 0.6) is 0 Å². The Morgan fingerprint density at radius 1 is 1.31 bits per heavy atom. The number of sulfonamides is 1. The molecule has 0 unspecified atom stereocenters. The van der Waals surface area contributed by atoms with Gasteiger partial charge in [-0.3, -0.25) is 4.90 Å². The van der Waals surface area contributed by atoms with Crippen molar-refractivity contribution in [3.05, 3.63) is 46.6 Å². The minimum absolute atomic E-state index is 0.0296. The van der Waals surface area contributed by atoms with E-state index < -0.39 is 10.0 Å². The molecule has 0 radical (unpaired) electrons. The predicted molar refractivity (Wildman–Crippen MR) is 103 cm³/mol. The van der Waals surface area contributed by atoms with Crippen molar-refractivity contribution in [1.29, 1.82) is 0 Å². The fourth-order valence-corrected chi connectivity index (χ4v) is 5.98. The molecule has 1 N–H and O–H groups in total. The van der Waals surface area contributed by atoms with Gasteiger partial charge in [0.2, 0.25) is 0 Å². The lowest BCUT2D eigenvalue weighted by atomic mass is 9.98. The van der Waals surface area contributed by atoms with Crippen molar-refractivity contribution in [2.45, 2.75) is 37.1 Å². The smallest absolute Gasteiger partial charge is 0.252 e. The van der Waals surface area contributed by atoms with Crippen LogP contribution in [-0.2, 0) is 14.8 Å². The lowest BCUT2D eigenvalue weighted by molar-refractivity contribution is -0.0673. The third-order valence-corrected chi connectivity index (χ3v) is 7.69. The van der Waals surface area contributed by atoms with Crippen molar-refractivity contribution in [3.8, 4) is 0 Å². The Balaban J connectivity index is 1.79. The average molecular weight is 396 g/mol. The molecule has 0 saturated carbocycles. The lowest BCUT2D eigenvalue weighted by Crippen LogP contribution is -2.49. The number of hydrogen-bond acceptors (Lipinski definition) is 6. The third-order valence-electron chi connectivity index (χ3n) is 4.58. The van der Waals surface area contributed by atoms with E-state index in [1.54, 1.807) is 6.92 Å². The number of aryl methyl sites for hydroxylation is 2. The molecule has 2 heterocycles. The van der Waals surface area contributed by atoms with Gasteiger partial charge in [-0.2, -0.15) is 0 Å². The second-order valence-electron chi connectivity index (χ2n) is 6.35. The number of aromatic nitrogens is 1. The zero-order chi connectivity index (χ0) is 18.7. The lowest BCUT2D eigenvalue weighted by Gasteiger charge is -2.41. The number of thiazole rings is 1. The molecule has 0 aliphatic carbocycles. The fraction of sp³-hybridized carbons (Fsp3) is 0.500. The molecule has 3 rings (SSSR count). The van der Waals surface area contributed by atoms with Crippen LogP contribution in [0.1, 0.15) is 29.2 Å². The van der Waals surface area contributed by atoms with Gasteiger partial charge in [0.15, 0.2) is 4.21 Å². The number of hydrogen-bond donors (Lipinski definition) is 1. The number of ether oxygens (including phenoxy) is 1. The predicted octanol–water partition coefficient (Wildman–Crippen LogP) is 2.50. The zero-order valence-electron chi connectivity index (χ0n) is 15.3. The maximum absolute atomic E-state index is 12.7. The fourth-order valence-electron chi connectivity index (χ4n) is 3.41. The minimum atomic E-state index is -3.59. The summed E-state index contributed by atoms with van der Waals surface area (Å²) < 4.78 is 34.4. The van der Waals surface area contributed by atoms with Gasteiger partial charge in [-0.1, -0.05) is 37.3 Å². The monoisotopic (exact) mass is 395 g/mol. The highest BCUT2D eigenvalue weighted by atomic mass is 32.2. The topological polar surface area (TPSA) is 71.5 Å². The first-order valence-electron chi connectivity index (χ1n) is 8.76. The molecule has 0 spiro atoms. The van der Waals surface area contributed by atoms with Crippen LogP contribution in [0.25, 0.3) is 0 Å². The summed E-state index contributed by atoms with van der Waals surface area (Å²) in [6, 6.07) is 10.2. The normalized spacial score (nSPS) is 21.8. The van der Waals surface area contributed by atoms with Crippen LogP contribution in [0.2, 0.25) is 0 Å². The van der Waals surface area contributed by atoms with E-state index in [9.17, 15) is 8.42 Å². The van der Waals surface area contributed by atoms with E-state index in [-0.39, 0.29) is 22.9 Å². The molecule has 1 aromatic heterocycles. The summed E-state index contributed by atoms with van der Waals surface area (Å²) in [4.78, 5) is 6.55. The van der Waals surface area contributed by atoms with E-state index in [4.69, 9.17) is 4.74 Å². The van der Waals surface area contributed by atoms with E-state index >= 15 is 0 Å². The first-order valence-corrected chi connectivity index (χ1v) is 11.1. The molecule has 8 heteroatoms. The minimum Gasteiger partial charge on any atom is -0.374 e. The molecule has 26 heavy (non-hydrogen) atoms. The van der Waals surface area contributed by atoms with Crippen molar-refractivity contribution in [3.63, 3.8) is 0 Å². The molecule has 2 aromatic rings. The first-order chi connectivity index (χ1) is 12.4. The van der Waals surface area contributed by atoms with Gasteiger partial charge >= 0.3 is 0 Å². The Kier molecular flexibility index (Phi) is 6.09. The van der Waals surface area contributed by atoms with Crippen molar-refractivity contribution in [1.82, 2.24) is 14.6 Å². The van der Waals surface area contributed by atoms with Crippen LogP contribution in [0.4, 0.5) is 0 Å². The van der Waals surface area contributed by atoms with Crippen LogP contribution in [0, 0.1) is 13.8 Å². The molecule has 1 aliphatic rings. The number of benzene rings is 1.